The number of amides is 1. The molecule has 1 saturated heterocycles. The maximum atomic E-state index is 12.1. The molecule has 116 valence electrons. The van der Waals surface area contributed by atoms with Crippen LogP contribution in [0.25, 0.3) is 0 Å². The van der Waals surface area contributed by atoms with Crippen molar-refractivity contribution in [1.29, 1.82) is 0 Å². The zero-order valence-corrected chi connectivity index (χ0v) is 13.3. The molecule has 3 rings (SSSR count). The Bertz CT molecular complexity index is 647. The lowest BCUT2D eigenvalue weighted by molar-refractivity contribution is 0.0680. The van der Waals surface area contributed by atoms with Crippen LogP contribution in [0.5, 0.6) is 5.75 Å². The fourth-order valence-electron chi connectivity index (χ4n) is 2.38. The highest BCUT2D eigenvalue weighted by Gasteiger charge is 2.16. The number of nitrogens with one attached hydrogen (secondary N) is 1. The van der Waals surface area contributed by atoms with E-state index in [-0.39, 0.29) is 12.0 Å². The summed E-state index contributed by atoms with van der Waals surface area (Å²) in [4.78, 5) is 14.0. The third-order valence-electron chi connectivity index (χ3n) is 3.52. The average molecular weight is 317 g/mol. The molecule has 1 aromatic carbocycles. The van der Waals surface area contributed by atoms with Gasteiger partial charge in [-0.1, -0.05) is 6.07 Å². The second-order valence-corrected chi connectivity index (χ2v) is 6.63. The van der Waals surface area contributed by atoms with E-state index in [1.165, 1.54) is 11.3 Å². The van der Waals surface area contributed by atoms with Crippen LogP contribution < -0.4 is 10.1 Å². The molecule has 4 nitrogen and oxygen atoms in total. The molecule has 1 aliphatic heterocycles. The highest BCUT2D eigenvalue weighted by Crippen LogP contribution is 2.21. The van der Waals surface area contributed by atoms with Crippen LogP contribution >= 0.6 is 11.3 Å². The standard InChI is InChI=1S/C17H19NO3S/c1-12-7-8-16(22-12)17(19)18-13-4-2-5-14(10-13)21-11-15-6-3-9-20-15/h2,4-5,7-8,10,15H,3,6,9,11H2,1H3,(H,18,19)/t15-/m0/s1. The first-order valence-electron chi connectivity index (χ1n) is 7.43. The fraction of sp³-hybridized carbons (Fsp3) is 0.353. The highest BCUT2D eigenvalue weighted by atomic mass is 32.1. The van der Waals surface area contributed by atoms with Crippen LogP contribution in [0, 0.1) is 6.92 Å². The van der Waals surface area contributed by atoms with E-state index in [9.17, 15) is 4.79 Å². The highest BCUT2D eigenvalue weighted by molar-refractivity contribution is 7.14. The SMILES string of the molecule is Cc1ccc(C(=O)Nc2cccc(OC[C@@H]3CCCO3)c2)s1. The molecule has 0 aliphatic carbocycles. The first kappa shape index (κ1) is 15.1. The van der Waals surface area contributed by atoms with E-state index < -0.39 is 0 Å². The maximum absolute atomic E-state index is 12.1. The first-order valence-corrected chi connectivity index (χ1v) is 8.24. The predicted molar refractivity (Wildman–Crippen MR) is 87.9 cm³/mol. The molecule has 2 aromatic rings. The summed E-state index contributed by atoms with van der Waals surface area (Å²) in [5, 5.41) is 2.90. The molecule has 1 amide bonds. The first-order chi connectivity index (χ1) is 10.7. The topological polar surface area (TPSA) is 47.6 Å². The number of carbonyl (C=O) groups excluding carboxylic acids is 1. The molecule has 1 atom stereocenters. The minimum absolute atomic E-state index is 0.0885. The Hall–Kier alpha value is -1.85. The van der Waals surface area contributed by atoms with E-state index in [4.69, 9.17) is 9.47 Å². The Morgan fingerprint density at radius 2 is 2.32 bits per heavy atom. The van der Waals surface area contributed by atoms with Crippen molar-refractivity contribution in [2.24, 2.45) is 0 Å². The number of hydrogen-bond acceptors (Lipinski definition) is 4. The lowest BCUT2D eigenvalue weighted by atomic mass is 10.2. The van der Waals surface area contributed by atoms with Crippen molar-refractivity contribution in [3.63, 3.8) is 0 Å². The molecule has 0 bridgehead atoms. The Morgan fingerprint density at radius 3 is 3.05 bits per heavy atom. The van der Waals surface area contributed by atoms with Gasteiger partial charge in [-0.3, -0.25) is 4.79 Å². The summed E-state index contributed by atoms with van der Waals surface area (Å²) < 4.78 is 11.3. The minimum Gasteiger partial charge on any atom is -0.491 e. The van der Waals surface area contributed by atoms with E-state index in [0.29, 0.717) is 11.5 Å². The number of rotatable bonds is 5. The molecular formula is C17H19NO3S. The Labute approximate surface area is 134 Å². The molecule has 1 aliphatic rings. The lowest BCUT2D eigenvalue weighted by Gasteiger charge is -2.12. The van der Waals surface area contributed by atoms with Gasteiger partial charge in [0.15, 0.2) is 0 Å². The molecule has 1 N–H and O–H groups in total. The van der Waals surface area contributed by atoms with Gasteiger partial charge in [-0.25, -0.2) is 0 Å². The number of aryl methyl sites for hydroxylation is 1. The van der Waals surface area contributed by atoms with Gasteiger partial charge in [-0.2, -0.15) is 0 Å². The van der Waals surface area contributed by atoms with Crippen LogP contribution in [0.4, 0.5) is 5.69 Å². The van der Waals surface area contributed by atoms with Gasteiger partial charge in [0.25, 0.3) is 5.91 Å². The molecule has 5 heteroatoms. The Kier molecular flexibility index (Phi) is 4.75. The van der Waals surface area contributed by atoms with Gasteiger partial charge in [-0.15, -0.1) is 11.3 Å². The largest absolute Gasteiger partial charge is 0.491 e. The van der Waals surface area contributed by atoms with Crippen molar-refractivity contribution in [3.05, 3.63) is 46.2 Å². The number of ether oxygens (including phenoxy) is 2. The van der Waals surface area contributed by atoms with Crippen LogP contribution in [0.1, 0.15) is 27.4 Å². The van der Waals surface area contributed by atoms with Gasteiger partial charge in [0.2, 0.25) is 0 Å². The quantitative estimate of drug-likeness (QED) is 0.910. The number of carbonyl (C=O) groups is 1. The Morgan fingerprint density at radius 1 is 1.41 bits per heavy atom. The zero-order valence-electron chi connectivity index (χ0n) is 12.5. The number of hydrogen-bond donors (Lipinski definition) is 1. The molecular weight excluding hydrogens is 298 g/mol. The maximum Gasteiger partial charge on any atom is 0.265 e. The van der Waals surface area contributed by atoms with Crippen molar-refractivity contribution in [2.45, 2.75) is 25.9 Å². The van der Waals surface area contributed by atoms with E-state index >= 15 is 0 Å². The summed E-state index contributed by atoms with van der Waals surface area (Å²) in [6.07, 6.45) is 2.34. The molecule has 22 heavy (non-hydrogen) atoms. The third kappa shape index (κ3) is 3.87. The summed E-state index contributed by atoms with van der Waals surface area (Å²) >= 11 is 1.49. The van der Waals surface area contributed by atoms with Crippen molar-refractivity contribution in [1.82, 2.24) is 0 Å². The smallest absolute Gasteiger partial charge is 0.265 e. The molecule has 0 saturated carbocycles. The monoisotopic (exact) mass is 317 g/mol. The van der Waals surface area contributed by atoms with E-state index in [2.05, 4.69) is 5.32 Å². The van der Waals surface area contributed by atoms with Gasteiger partial charge >= 0.3 is 0 Å². The van der Waals surface area contributed by atoms with E-state index in [1.54, 1.807) is 0 Å². The van der Waals surface area contributed by atoms with Gasteiger partial charge in [0, 0.05) is 23.2 Å². The van der Waals surface area contributed by atoms with Crippen molar-refractivity contribution >= 4 is 22.9 Å². The normalized spacial score (nSPS) is 17.4. The van der Waals surface area contributed by atoms with Crippen LogP contribution in [0.2, 0.25) is 0 Å². The van der Waals surface area contributed by atoms with Crippen molar-refractivity contribution in [2.75, 3.05) is 18.5 Å². The van der Waals surface area contributed by atoms with Crippen LogP contribution in [0.3, 0.4) is 0 Å². The fourth-order valence-corrected chi connectivity index (χ4v) is 3.14. The number of thiophene rings is 1. The van der Waals surface area contributed by atoms with Gasteiger partial charge in [-0.05, 0) is 44.0 Å². The third-order valence-corrected chi connectivity index (χ3v) is 4.52. The van der Waals surface area contributed by atoms with Crippen LogP contribution in [-0.2, 0) is 4.74 Å². The molecule has 0 unspecified atom stereocenters. The average Bonchev–Trinajstić information content (AvgIpc) is 3.17. The number of benzene rings is 1. The van der Waals surface area contributed by atoms with E-state index in [0.717, 1.165) is 35.8 Å². The summed E-state index contributed by atoms with van der Waals surface area (Å²) in [5.41, 5.74) is 0.737. The molecule has 1 fully saturated rings. The van der Waals surface area contributed by atoms with Gasteiger partial charge in [0.05, 0.1) is 11.0 Å². The summed E-state index contributed by atoms with van der Waals surface area (Å²) in [5.74, 6) is 0.657. The molecule has 1 aromatic heterocycles. The summed E-state index contributed by atoms with van der Waals surface area (Å²) in [7, 11) is 0. The summed E-state index contributed by atoms with van der Waals surface area (Å²) in [6, 6.07) is 11.2. The number of anilines is 1. The van der Waals surface area contributed by atoms with Crippen LogP contribution in [-0.4, -0.2) is 25.2 Å². The second kappa shape index (κ2) is 6.94. The predicted octanol–water partition coefficient (Wildman–Crippen LogP) is 3.87. The Balaban J connectivity index is 1.59. The van der Waals surface area contributed by atoms with Crippen molar-refractivity contribution in [3.8, 4) is 5.75 Å². The van der Waals surface area contributed by atoms with Crippen LogP contribution in [0.15, 0.2) is 36.4 Å². The zero-order chi connectivity index (χ0) is 15.4. The van der Waals surface area contributed by atoms with Gasteiger partial charge in [0.1, 0.15) is 12.4 Å². The molecule has 0 spiro atoms. The van der Waals surface area contributed by atoms with Crippen molar-refractivity contribution < 1.29 is 14.3 Å². The molecule has 0 radical (unpaired) electrons. The summed E-state index contributed by atoms with van der Waals surface area (Å²) in [6.45, 7) is 3.37. The van der Waals surface area contributed by atoms with Gasteiger partial charge < -0.3 is 14.8 Å². The van der Waals surface area contributed by atoms with E-state index in [1.807, 2.05) is 43.3 Å². The molecule has 2 heterocycles. The minimum atomic E-state index is -0.0885. The lowest BCUT2D eigenvalue weighted by Crippen LogP contribution is -2.16. The second-order valence-electron chi connectivity index (χ2n) is 5.34.